The Balaban J connectivity index is 2.32. The molecule has 2 N–H and O–H groups in total. The third kappa shape index (κ3) is 2.95. The van der Waals surface area contributed by atoms with Crippen molar-refractivity contribution in [2.24, 2.45) is 0 Å². The van der Waals surface area contributed by atoms with Crippen molar-refractivity contribution >= 4 is 11.8 Å². The molecular weight excluding hydrogens is 210 g/mol. The van der Waals surface area contributed by atoms with E-state index in [0.717, 1.165) is 22.4 Å². The predicted octanol–water partition coefficient (Wildman–Crippen LogP) is 3.38. The second kappa shape index (κ2) is 5.32. The van der Waals surface area contributed by atoms with Gasteiger partial charge in [0.05, 0.1) is 0 Å². The summed E-state index contributed by atoms with van der Waals surface area (Å²) in [4.78, 5) is 0. The second-order valence-electron chi connectivity index (χ2n) is 3.82. The average molecular weight is 224 g/mol. The van der Waals surface area contributed by atoms with E-state index < -0.39 is 0 Å². The fraction of sp³-hybridized carbons (Fsp3) is 0.0667. The van der Waals surface area contributed by atoms with E-state index in [4.69, 9.17) is 5.73 Å². The van der Waals surface area contributed by atoms with E-state index in [-0.39, 0.29) is 6.61 Å². The molecule has 0 amide bonds. The molecule has 0 saturated carbocycles. The lowest BCUT2D eigenvalue weighted by atomic mass is 10.0. The Morgan fingerprint density at radius 1 is 1.00 bits per heavy atom. The first-order valence-corrected chi connectivity index (χ1v) is 5.50. The molecule has 2 nitrogen and oxygen atoms in total. The monoisotopic (exact) mass is 224 g/mol. The van der Waals surface area contributed by atoms with Gasteiger partial charge in [0, 0.05) is 5.69 Å². The molecule has 0 unspecified atom stereocenters. The maximum absolute atomic E-state index is 10.4. The zero-order valence-electron chi connectivity index (χ0n) is 9.47. The van der Waals surface area contributed by atoms with Crippen LogP contribution in [0.5, 0.6) is 0 Å². The summed E-state index contributed by atoms with van der Waals surface area (Å²) in [6.45, 7) is -0.188. The van der Waals surface area contributed by atoms with Crippen molar-refractivity contribution in [2.75, 3.05) is 12.3 Å². The molecule has 85 valence electrons. The van der Waals surface area contributed by atoms with Crippen LogP contribution >= 0.6 is 0 Å². The molecule has 0 aromatic heterocycles. The van der Waals surface area contributed by atoms with Crippen LogP contribution in [0.3, 0.4) is 0 Å². The third-order valence-corrected chi connectivity index (χ3v) is 2.54. The minimum atomic E-state index is -0.188. The maximum atomic E-state index is 10.4. The lowest BCUT2D eigenvalue weighted by Crippen LogP contribution is -1.84. The second-order valence-corrected chi connectivity index (χ2v) is 3.82. The highest BCUT2D eigenvalue weighted by atomic mass is 16.2. The molecule has 0 fully saturated rings. The first-order chi connectivity index (χ1) is 8.29. The zero-order valence-corrected chi connectivity index (χ0v) is 9.47. The van der Waals surface area contributed by atoms with E-state index in [1.165, 1.54) is 0 Å². The summed E-state index contributed by atoms with van der Waals surface area (Å²) in [6, 6.07) is 15.8. The van der Waals surface area contributed by atoms with Gasteiger partial charge in [-0.25, -0.2) is 5.11 Å². The number of benzene rings is 2. The molecule has 0 heterocycles. The first-order valence-electron chi connectivity index (χ1n) is 5.50. The fourth-order valence-electron chi connectivity index (χ4n) is 1.68. The maximum Gasteiger partial charge on any atom is 0.101 e. The van der Waals surface area contributed by atoms with Gasteiger partial charge in [-0.2, -0.15) is 0 Å². The van der Waals surface area contributed by atoms with E-state index in [1.54, 1.807) is 6.08 Å². The molecule has 2 aromatic rings. The van der Waals surface area contributed by atoms with Crippen molar-refractivity contribution in [1.82, 2.24) is 0 Å². The van der Waals surface area contributed by atoms with Crippen LogP contribution in [0.2, 0.25) is 0 Å². The van der Waals surface area contributed by atoms with Gasteiger partial charge in [-0.05, 0) is 34.9 Å². The van der Waals surface area contributed by atoms with Gasteiger partial charge in [0.25, 0.3) is 0 Å². The van der Waals surface area contributed by atoms with Gasteiger partial charge >= 0.3 is 0 Å². The summed E-state index contributed by atoms with van der Waals surface area (Å²) in [5.74, 6) is 0. The Bertz CT molecular complexity index is 515. The van der Waals surface area contributed by atoms with Crippen molar-refractivity contribution < 1.29 is 5.11 Å². The first kappa shape index (κ1) is 11.4. The highest BCUT2D eigenvalue weighted by Gasteiger charge is 1.97. The van der Waals surface area contributed by atoms with Crippen LogP contribution in [0.1, 0.15) is 5.56 Å². The highest BCUT2D eigenvalue weighted by molar-refractivity contribution is 5.68. The van der Waals surface area contributed by atoms with E-state index in [1.807, 2.05) is 48.5 Å². The summed E-state index contributed by atoms with van der Waals surface area (Å²) in [7, 11) is 0. The summed E-state index contributed by atoms with van der Waals surface area (Å²) >= 11 is 0. The summed E-state index contributed by atoms with van der Waals surface area (Å²) < 4.78 is 0. The van der Waals surface area contributed by atoms with E-state index in [0.29, 0.717) is 0 Å². The predicted molar refractivity (Wildman–Crippen MR) is 70.9 cm³/mol. The Morgan fingerprint density at radius 2 is 1.76 bits per heavy atom. The van der Waals surface area contributed by atoms with Crippen LogP contribution < -0.4 is 5.73 Å². The molecule has 2 aromatic carbocycles. The molecule has 0 atom stereocenters. The van der Waals surface area contributed by atoms with E-state index in [9.17, 15) is 5.11 Å². The minimum absolute atomic E-state index is 0.188. The van der Waals surface area contributed by atoms with Crippen LogP contribution in [-0.4, -0.2) is 6.61 Å². The lowest BCUT2D eigenvalue weighted by Gasteiger charge is -2.03. The molecule has 1 radical (unpaired) electrons. The SMILES string of the molecule is Nc1ccc(-c2cccc(/C=C/C[O])c2)cc1. The van der Waals surface area contributed by atoms with Crippen molar-refractivity contribution in [3.8, 4) is 11.1 Å². The molecule has 0 aliphatic heterocycles. The molecule has 0 bridgehead atoms. The van der Waals surface area contributed by atoms with Crippen molar-refractivity contribution in [3.63, 3.8) is 0 Å². The van der Waals surface area contributed by atoms with Crippen molar-refractivity contribution in [2.45, 2.75) is 0 Å². The van der Waals surface area contributed by atoms with E-state index in [2.05, 4.69) is 6.07 Å². The van der Waals surface area contributed by atoms with Crippen LogP contribution in [0.15, 0.2) is 54.6 Å². The quantitative estimate of drug-likeness (QED) is 0.798. The normalized spacial score (nSPS) is 10.9. The Morgan fingerprint density at radius 3 is 2.47 bits per heavy atom. The largest absolute Gasteiger partial charge is 0.399 e. The van der Waals surface area contributed by atoms with Crippen LogP contribution in [0.4, 0.5) is 5.69 Å². The lowest BCUT2D eigenvalue weighted by molar-refractivity contribution is 0.233. The topological polar surface area (TPSA) is 45.9 Å². The fourth-order valence-corrected chi connectivity index (χ4v) is 1.68. The Hall–Kier alpha value is -2.06. The van der Waals surface area contributed by atoms with Crippen LogP contribution in [-0.2, 0) is 5.11 Å². The molecule has 0 saturated heterocycles. The summed E-state index contributed by atoms with van der Waals surface area (Å²) in [5.41, 5.74) is 9.70. The molecule has 0 aliphatic carbocycles. The number of anilines is 1. The molecular formula is C15H14NO. The number of nitrogens with two attached hydrogens (primary N) is 1. The van der Waals surface area contributed by atoms with Gasteiger partial charge in [-0.3, -0.25) is 0 Å². The highest BCUT2D eigenvalue weighted by Crippen LogP contribution is 2.21. The van der Waals surface area contributed by atoms with Gasteiger partial charge in [-0.1, -0.05) is 42.5 Å². The number of nitrogen functional groups attached to an aromatic ring is 1. The molecule has 2 heteroatoms. The Labute approximate surface area is 101 Å². The summed E-state index contributed by atoms with van der Waals surface area (Å²) in [6.07, 6.45) is 3.45. The van der Waals surface area contributed by atoms with Crippen molar-refractivity contribution in [1.29, 1.82) is 0 Å². The van der Waals surface area contributed by atoms with E-state index >= 15 is 0 Å². The average Bonchev–Trinajstić information content (AvgIpc) is 2.37. The molecule has 0 spiro atoms. The molecule has 2 rings (SSSR count). The minimum Gasteiger partial charge on any atom is -0.399 e. The smallest absolute Gasteiger partial charge is 0.101 e. The van der Waals surface area contributed by atoms with Gasteiger partial charge in [0.1, 0.15) is 6.61 Å². The van der Waals surface area contributed by atoms with Gasteiger partial charge < -0.3 is 5.73 Å². The number of hydrogen-bond donors (Lipinski definition) is 1. The number of hydrogen-bond acceptors (Lipinski definition) is 1. The zero-order chi connectivity index (χ0) is 12.1. The third-order valence-electron chi connectivity index (χ3n) is 2.54. The number of rotatable bonds is 3. The summed E-state index contributed by atoms with van der Waals surface area (Å²) in [5, 5.41) is 10.4. The van der Waals surface area contributed by atoms with Gasteiger partial charge in [0.2, 0.25) is 0 Å². The Kier molecular flexibility index (Phi) is 3.58. The van der Waals surface area contributed by atoms with Gasteiger partial charge in [-0.15, -0.1) is 0 Å². The molecule has 17 heavy (non-hydrogen) atoms. The van der Waals surface area contributed by atoms with Gasteiger partial charge in [0.15, 0.2) is 0 Å². The standard InChI is InChI=1S/C15H14NO/c16-15-8-6-13(7-9-15)14-5-1-3-12(11-14)4-2-10-17/h1-9,11H,10,16H2/b4-2+. The van der Waals surface area contributed by atoms with Crippen molar-refractivity contribution in [3.05, 3.63) is 60.2 Å². The van der Waals surface area contributed by atoms with Crippen LogP contribution in [0, 0.1) is 0 Å². The van der Waals surface area contributed by atoms with Crippen LogP contribution in [0.25, 0.3) is 17.2 Å². The molecule has 0 aliphatic rings.